The molecule has 0 atom stereocenters. The summed E-state index contributed by atoms with van der Waals surface area (Å²) in [5.41, 5.74) is -4.74. The third-order valence-corrected chi connectivity index (χ3v) is 6.71. The van der Waals surface area contributed by atoms with Crippen molar-refractivity contribution in [2.24, 2.45) is 0 Å². The van der Waals surface area contributed by atoms with Crippen LogP contribution < -0.4 is 5.32 Å². The second kappa shape index (κ2) is 6.99. The lowest BCUT2D eigenvalue weighted by molar-refractivity contribution is -0.137. The van der Waals surface area contributed by atoms with E-state index in [4.69, 9.17) is 0 Å². The van der Waals surface area contributed by atoms with Crippen LogP contribution >= 0.6 is 0 Å². The second-order valence-electron chi connectivity index (χ2n) is 8.80. The number of halogens is 5. The molecular weight excluding hydrogens is 495 g/mol. The van der Waals surface area contributed by atoms with Crippen LogP contribution in [-0.4, -0.2) is 38.6 Å². The molecule has 0 bridgehead atoms. The number of fused-ring (bicyclic) bond motifs is 4. The van der Waals surface area contributed by atoms with Crippen LogP contribution in [0.25, 0.3) is 27.7 Å². The molecule has 3 heterocycles. The lowest BCUT2D eigenvalue weighted by atomic mass is 9.91. The lowest BCUT2D eigenvalue weighted by Gasteiger charge is -2.36. The van der Waals surface area contributed by atoms with Crippen LogP contribution in [0, 0.1) is 18.6 Å². The standard InChI is InChI=1S/C21H17F5N6O2S/c1-9-29-30-19-20(2,3)28-14-7-13(23)16(17(21(24,25)26)18(14)31(9)19)11-5-10(22)6-15-12(11)8-27-32(15)35(4,33)34/h5-8,28H,1-4H3. The fourth-order valence-electron chi connectivity index (χ4n) is 4.47. The summed E-state index contributed by atoms with van der Waals surface area (Å²) in [6.07, 6.45) is -3.35. The molecule has 184 valence electrons. The first-order valence-electron chi connectivity index (χ1n) is 10.1. The van der Waals surface area contributed by atoms with Crippen LogP contribution in [0.1, 0.15) is 31.1 Å². The molecule has 1 aliphatic heterocycles. The van der Waals surface area contributed by atoms with E-state index >= 15 is 4.39 Å². The van der Waals surface area contributed by atoms with Gasteiger partial charge in [0.05, 0.1) is 40.4 Å². The maximum Gasteiger partial charge on any atom is 0.419 e. The lowest BCUT2D eigenvalue weighted by Crippen LogP contribution is -2.37. The zero-order chi connectivity index (χ0) is 25.7. The molecule has 0 aliphatic carbocycles. The number of aryl methyl sites for hydroxylation is 1. The van der Waals surface area contributed by atoms with Crippen molar-refractivity contribution in [2.45, 2.75) is 32.5 Å². The third kappa shape index (κ3) is 3.38. The van der Waals surface area contributed by atoms with Crippen LogP contribution in [0.3, 0.4) is 0 Å². The molecule has 0 saturated carbocycles. The Morgan fingerprint density at radius 3 is 2.40 bits per heavy atom. The summed E-state index contributed by atoms with van der Waals surface area (Å²) in [5, 5.41) is 14.3. The summed E-state index contributed by atoms with van der Waals surface area (Å²) in [6, 6.07) is 2.42. The highest BCUT2D eigenvalue weighted by molar-refractivity contribution is 7.89. The van der Waals surface area contributed by atoms with E-state index in [0.717, 1.165) is 30.7 Å². The van der Waals surface area contributed by atoms with Gasteiger partial charge in [0, 0.05) is 17.0 Å². The molecule has 0 spiro atoms. The molecule has 8 nitrogen and oxygen atoms in total. The molecule has 35 heavy (non-hydrogen) atoms. The van der Waals surface area contributed by atoms with E-state index in [0.29, 0.717) is 4.09 Å². The first-order chi connectivity index (χ1) is 16.1. The van der Waals surface area contributed by atoms with Crippen molar-refractivity contribution < 1.29 is 30.4 Å². The zero-order valence-corrected chi connectivity index (χ0v) is 19.5. The van der Waals surface area contributed by atoms with Gasteiger partial charge in [-0.3, -0.25) is 4.57 Å². The molecule has 1 aliphatic rings. The third-order valence-electron chi connectivity index (χ3n) is 5.79. The molecule has 0 saturated heterocycles. The Labute approximate surface area is 195 Å². The van der Waals surface area contributed by atoms with E-state index in [-0.39, 0.29) is 28.2 Å². The Balaban J connectivity index is 1.96. The number of anilines is 1. The highest BCUT2D eigenvalue weighted by Gasteiger charge is 2.45. The summed E-state index contributed by atoms with van der Waals surface area (Å²) in [6.45, 7) is 4.77. The zero-order valence-electron chi connectivity index (χ0n) is 18.7. The van der Waals surface area contributed by atoms with E-state index < -0.39 is 55.8 Å². The van der Waals surface area contributed by atoms with Gasteiger partial charge in [-0.15, -0.1) is 10.2 Å². The van der Waals surface area contributed by atoms with Crippen molar-refractivity contribution in [1.82, 2.24) is 24.0 Å². The fraction of sp³-hybridized carbons (Fsp3) is 0.286. The Bertz CT molecular complexity index is 1650. The van der Waals surface area contributed by atoms with Crippen molar-refractivity contribution in [3.63, 3.8) is 0 Å². The van der Waals surface area contributed by atoms with E-state index in [2.05, 4.69) is 20.6 Å². The van der Waals surface area contributed by atoms with Crippen molar-refractivity contribution >= 4 is 26.6 Å². The van der Waals surface area contributed by atoms with Gasteiger partial charge < -0.3 is 5.32 Å². The van der Waals surface area contributed by atoms with Gasteiger partial charge in [-0.25, -0.2) is 17.2 Å². The van der Waals surface area contributed by atoms with Crippen molar-refractivity contribution in [3.8, 4) is 16.8 Å². The van der Waals surface area contributed by atoms with Gasteiger partial charge in [0.25, 0.3) is 10.0 Å². The van der Waals surface area contributed by atoms with Gasteiger partial charge in [0.15, 0.2) is 5.82 Å². The largest absolute Gasteiger partial charge is 0.419 e. The molecule has 0 unspecified atom stereocenters. The molecule has 4 aromatic rings. The average molecular weight is 512 g/mol. The van der Waals surface area contributed by atoms with Crippen molar-refractivity contribution in [1.29, 1.82) is 0 Å². The Morgan fingerprint density at radius 2 is 1.77 bits per heavy atom. The topological polar surface area (TPSA) is 94.7 Å². The van der Waals surface area contributed by atoms with E-state index in [1.54, 1.807) is 13.8 Å². The molecule has 0 radical (unpaired) electrons. The number of rotatable bonds is 2. The highest BCUT2D eigenvalue weighted by Crippen LogP contribution is 2.50. The van der Waals surface area contributed by atoms with Crippen LogP contribution in [0.5, 0.6) is 0 Å². The summed E-state index contributed by atoms with van der Waals surface area (Å²) in [5.74, 6) is -2.05. The van der Waals surface area contributed by atoms with Gasteiger partial charge in [-0.1, -0.05) is 0 Å². The van der Waals surface area contributed by atoms with Crippen molar-refractivity contribution in [2.75, 3.05) is 11.6 Å². The first kappa shape index (κ1) is 23.2. The molecular formula is C21H17F5N6O2S. The van der Waals surface area contributed by atoms with E-state index in [1.165, 1.54) is 11.5 Å². The van der Waals surface area contributed by atoms with Crippen LogP contribution in [0.15, 0.2) is 24.4 Å². The van der Waals surface area contributed by atoms with Crippen molar-refractivity contribution in [3.05, 3.63) is 53.2 Å². The van der Waals surface area contributed by atoms with Gasteiger partial charge in [0.2, 0.25) is 0 Å². The number of hydrogen-bond acceptors (Lipinski definition) is 6. The predicted octanol–water partition coefficient (Wildman–Crippen LogP) is 4.36. The van der Waals surface area contributed by atoms with E-state index in [9.17, 15) is 26.0 Å². The number of aromatic nitrogens is 5. The molecule has 2 aromatic heterocycles. The van der Waals surface area contributed by atoms with E-state index in [1.807, 2.05) is 0 Å². The summed E-state index contributed by atoms with van der Waals surface area (Å²) >= 11 is 0. The Kier molecular flexibility index (Phi) is 4.64. The van der Waals surface area contributed by atoms with Gasteiger partial charge in [-0.05, 0) is 38.5 Å². The molecule has 0 amide bonds. The summed E-state index contributed by atoms with van der Waals surface area (Å²) in [7, 11) is -4.02. The maximum atomic E-state index is 15.6. The smallest absolute Gasteiger partial charge is 0.371 e. The summed E-state index contributed by atoms with van der Waals surface area (Å²) in [4.78, 5) is 0. The molecule has 5 rings (SSSR count). The molecule has 1 N–H and O–H groups in total. The van der Waals surface area contributed by atoms with Gasteiger partial charge in [-0.2, -0.15) is 22.4 Å². The van der Waals surface area contributed by atoms with Gasteiger partial charge >= 0.3 is 6.18 Å². The number of nitrogens with one attached hydrogen (secondary N) is 1. The second-order valence-corrected chi connectivity index (χ2v) is 10.6. The highest BCUT2D eigenvalue weighted by atomic mass is 32.2. The number of nitrogens with zero attached hydrogens (tertiary/aromatic N) is 5. The normalized spacial score (nSPS) is 15.1. The van der Waals surface area contributed by atoms with Crippen LogP contribution in [0.2, 0.25) is 0 Å². The minimum absolute atomic E-state index is 0.133. The van der Waals surface area contributed by atoms with Gasteiger partial charge in [0.1, 0.15) is 17.5 Å². The number of benzene rings is 2. The minimum atomic E-state index is -5.11. The molecule has 0 fully saturated rings. The monoisotopic (exact) mass is 512 g/mol. The minimum Gasteiger partial charge on any atom is -0.371 e. The fourth-order valence-corrected chi connectivity index (χ4v) is 5.20. The molecule has 14 heteroatoms. The predicted molar refractivity (Wildman–Crippen MR) is 117 cm³/mol. The Hall–Kier alpha value is -3.55. The summed E-state index contributed by atoms with van der Waals surface area (Å²) < 4.78 is 99.9. The van der Waals surface area contributed by atoms with Crippen LogP contribution in [-0.2, 0) is 21.7 Å². The average Bonchev–Trinajstić information content (AvgIpc) is 3.30. The number of alkyl halides is 3. The molecule has 2 aromatic carbocycles. The number of hydrogen-bond donors (Lipinski definition) is 1. The maximum absolute atomic E-state index is 15.6. The quantitative estimate of drug-likeness (QED) is 0.401. The SMILES string of the molecule is Cc1nnc2n1-c1c(cc(F)c(-c3cc(F)cc4c3cnn4S(C)(=O)=O)c1C(F)(F)F)NC2(C)C. The Morgan fingerprint density at radius 1 is 1.09 bits per heavy atom. The van der Waals surface area contributed by atoms with Crippen LogP contribution in [0.4, 0.5) is 27.6 Å². The first-order valence-corrected chi connectivity index (χ1v) is 12.0.